The number of nitrogen functional groups attached to an aromatic ring is 1. The second-order valence-corrected chi connectivity index (χ2v) is 10.3. The third kappa shape index (κ3) is 4.86. The summed E-state index contributed by atoms with van der Waals surface area (Å²) in [7, 11) is 0. The number of carboxylic acids is 1. The van der Waals surface area contributed by atoms with Gasteiger partial charge in [-0.2, -0.15) is 0 Å². The van der Waals surface area contributed by atoms with E-state index >= 15 is 0 Å². The van der Waals surface area contributed by atoms with E-state index in [2.05, 4.69) is 20.8 Å². The molecule has 5 rings (SSSR count). The van der Waals surface area contributed by atoms with E-state index in [1.807, 2.05) is 18.2 Å². The van der Waals surface area contributed by atoms with Gasteiger partial charge in [0.05, 0.1) is 11.7 Å². The Morgan fingerprint density at radius 1 is 1.32 bits per heavy atom. The van der Waals surface area contributed by atoms with Crippen molar-refractivity contribution in [3.63, 3.8) is 0 Å². The number of rotatable bonds is 8. The summed E-state index contributed by atoms with van der Waals surface area (Å²) in [6.07, 6.45) is 3.11. The Morgan fingerprint density at radius 2 is 2.11 bits per heavy atom. The highest BCUT2D eigenvalue weighted by atomic mass is 32.2. The van der Waals surface area contributed by atoms with Gasteiger partial charge in [0.15, 0.2) is 29.8 Å². The van der Waals surface area contributed by atoms with E-state index in [9.17, 15) is 24.3 Å². The molecule has 0 saturated carbocycles. The van der Waals surface area contributed by atoms with Crippen molar-refractivity contribution < 1.29 is 33.7 Å². The van der Waals surface area contributed by atoms with Crippen LogP contribution in [0.4, 0.5) is 5.13 Å². The quantitative estimate of drug-likeness (QED) is 0.143. The lowest BCUT2D eigenvalue weighted by molar-refractivity contribution is -0.689. The molecule has 2 fully saturated rings. The number of aliphatic carboxylic acids is 1. The predicted octanol–water partition coefficient (Wildman–Crippen LogP) is -2.27. The lowest BCUT2D eigenvalue weighted by Gasteiger charge is -2.50. The summed E-state index contributed by atoms with van der Waals surface area (Å²) in [6, 6.07) is 4.47. The lowest BCUT2D eigenvalue weighted by atomic mass is 10.0. The second kappa shape index (κ2) is 10.2. The van der Waals surface area contributed by atoms with E-state index in [4.69, 9.17) is 10.6 Å². The Hall–Kier alpha value is -3.98. The number of carbonyl (C=O) groups is 4. The molecule has 0 radical (unpaired) electrons. The highest BCUT2D eigenvalue weighted by Crippen LogP contribution is 2.40. The number of hydrogen-bond acceptors (Lipinski definition) is 11. The number of nitrogens with zero attached hydrogens (tertiary/aromatic N) is 4. The van der Waals surface area contributed by atoms with Crippen LogP contribution in [-0.4, -0.2) is 69.1 Å². The Balaban J connectivity index is 1.34. The summed E-state index contributed by atoms with van der Waals surface area (Å²) in [4.78, 5) is 60.5. The highest BCUT2D eigenvalue weighted by molar-refractivity contribution is 8.00. The number of oxime groups is 1. The summed E-state index contributed by atoms with van der Waals surface area (Å²) in [5.41, 5.74) is 5.91. The fourth-order valence-corrected chi connectivity index (χ4v) is 6.04. The van der Waals surface area contributed by atoms with Crippen molar-refractivity contribution in [2.45, 2.75) is 30.5 Å². The van der Waals surface area contributed by atoms with E-state index in [-0.39, 0.29) is 34.7 Å². The monoisotopic (exact) mass is 543 g/mol. The number of amides is 3. The van der Waals surface area contributed by atoms with Crippen molar-refractivity contribution in [1.29, 1.82) is 0 Å². The molecule has 0 unspecified atom stereocenters. The van der Waals surface area contributed by atoms with Crippen molar-refractivity contribution in [3.8, 4) is 0 Å². The normalized spacial score (nSPS) is 23.3. The topological polar surface area (TPSA) is 183 Å². The molecular formula is C22H21N7O6S2. The number of carbonyl (C=O) groups excluding carboxylic acids is 4. The van der Waals surface area contributed by atoms with Crippen molar-refractivity contribution in [3.05, 3.63) is 52.9 Å². The molecule has 0 bridgehead atoms. The van der Waals surface area contributed by atoms with Crippen LogP contribution in [0.25, 0.3) is 0 Å². The van der Waals surface area contributed by atoms with Gasteiger partial charge in [-0.25, -0.2) is 9.55 Å². The maximum Gasteiger partial charge on any atom is 0.276 e. The first-order valence-electron chi connectivity index (χ1n) is 11.2. The molecule has 3 aliphatic rings. The average molecular weight is 544 g/mol. The van der Waals surface area contributed by atoms with Crippen molar-refractivity contribution in [2.75, 3.05) is 18.0 Å². The molecule has 2 aromatic rings. The number of fused-ring (bicyclic) bond motifs is 1. The number of nitrogens with two attached hydrogens (primary N) is 1. The van der Waals surface area contributed by atoms with Crippen LogP contribution in [0.3, 0.4) is 0 Å². The van der Waals surface area contributed by atoms with Gasteiger partial charge < -0.3 is 31.1 Å². The van der Waals surface area contributed by atoms with E-state index in [1.54, 1.807) is 17.0 Å². The summed E-state index contributed by atoms with van der Waals surface area (Å²) in [5, 5.41) is 22.1. The van der Waals surface area contributed by atoms with Crippen LogP contribution in [0, 0.1) is 0 Å². The first kappa shape index (κ1) is 24.7. The summed E-state index contributed by atoms with van der Waals surface area (Å²) in [5.74, 6) is -2.84. The molecule has 37 heavy (non-hydrogen) atoms. The molecule has 3 atom stereocenters. The largest absolute Gasteiger partial charge is 0.543 e. The molecule has 4 N–H and O–H groups in total. The van der Waals surface area contributed by atoms with Gasteiger partial charge in [0.25, 0.3) is 17.7 Å². The second-order valence-electron chi connectivity index (χ2n) is 8.33. The zero-order valence-corrected chi connectivity index (χ0v) is 20.8. The van der Waals surface area contributed by atoms with Crippen LogP contribution in [0.5, 0.6) is 0 Å². The van der Waals surface area contributed by atoms with E-state index in [1.165, 1.54) is 17.1 Å². The Bertz CT molecular complexity index is 1330. The zero-order valence-electron chi connectivity index (χ0n) is 19.2. The molecule has 3 aliphatic heterocycles. The molecule has 0 spiro atoms. The number of anilines is 1. The molecule has 3 amide bonds. The fourth-order valence-electron chi connectivity index (χ4n) is 4.15. The maximum absolute atomic E-state index is 13.2. The third-order valence-electron chi connectivity index (χ3n) is 5.93. The molecule has 0 aliphatic carbocycles. The Kier molecular flexibility index (Phi) is 6.80. The molecule has 15 heteroatoms. The van der Waals surface area contributed by atoms with E-state index in [0.717, 1.165) is 16.2 Å². The molecular weight excluding hydrogens is 522 g/mol. The van der Waals surface area contributed by atoms with Gasteiger partial charge in [-0.3, -0.25) is 19.3 Å². The molecule has 2 saturated heterocycles. The Labute approximate surface area is 218 Å². The maximum atomic E-state index is 13.2. The summed E-state index contributed by atoms with van der Waals surface area (Å²) in [6.45, 7) is 0.702. The first-order valence-corrected chi connectivity index (χ1v) is 13.1. The van der Waals surface area contributed by atoms with Crippen LogP contribution in [0.15, 0.2) is 52.4 Å². The van der Waals surface area contributed by atoms with Gasteiger partial charge in [-0.05, 0) is 0 Å². The molecule has 13 nitrogen and oxygen atoms in total. The van der Waals surface area contributed by atoms with Crippen LogP contribution in [-0.2, 0) is 30.6 Å². The molecule has 2 aromatic heterocycles. The predicted molar refractivity (Wildman–Crippen MR) is 129 cm³/mol. The standard InChI is InChI=1S/C22H21N7O6S2/c23-22-25-12(10-37-22)14(27-35-13-4-5-24-17(13)30)18(31)26-15-19(32)29-16(21(33)34)11(9-36-20(15)29)8-28-6-2-1-3-7-28/h1-3,6-7,10,13,15,20H,4-5,8-9H2,(H4-,23,24,25,26,30,31,33,34)/b27-14+/t13-,15+,20+/m0/s1. The zero-order chi connectivity index (χ0) is 26.1. The third-order valence-corrected chi connectivity index (χ3v) is 7.94. The van der Waals surface area contributed by atoms with Gasteiger partial charge in [0.2, 0.25) is 6.10 Å². The van der Waals surface area contributed by atoms with Gasteiger partial charge in [0.1, 0.15) is 17.1 Å². The number of carboxylic acid groups (broad SMARTS) is 1. The van der Waals surface area contributed by atoms with Gasteiger partial charge >= 0.3 is 0 Å². The molecule has 192 valence electrons. The lowest BCUT2D eigenvalue weighted by Crippen LogP contribution is -2.71. The number of thiazole rings is 1. The van der Waals surface area contributed by atoms with Crippen molar-refractivity contribution in [1.82, 2.24) is 20.5 Å². The average Bonchev–Trinajstić information content (AvgIpc) is 3.50. The van der Waals surface area contributed by atoms with Gasteiger partial charge in [0, 0.05) is 41.8 Å². The van der Waals surface area contributed by atoms with Crippen LogP contribution >= 0.6 is 23.1 Å². The minimum absolute atomic E-state index is 0.121. The number of thioether (sulfide) groups is 1. The SMILES string of the molecule is Nc1nc(/C(=N\O[C@H]2CCNC2=O)C(=O)N[C@@H]2C(=O)N3C(C(=O)[O-])=C(C[n+]4ccccc4)CS[C@H]23)cs1. The molecule has 5 heterocycles. The minimum atomic E-state index is -1.46. The van der Waals surface area contributed by atoms with Crippen LogP contribution in [0.2, 0.25) is 0 Å². The van der Waals surface area contributed by atoms with Crippen molar-refractivity contribution in [2.24, 2.45) is 5.16 Å². The first-order chi connectivity index (χ1) is 17.8. The van der Waals surface area contributed by atoms with Crippen LogP contribution in [0.1, 0.15) is 12.1 Å². The van der Waals surface area contributed by atoms with E-state index in [0.29, 0.717) is 24.3 Å². The molecule has 0 aromatic carbocycles. The van der Waals surface area contributed by atoms with Gasteiger partial charge in [-0.1, -0.05) is 11.2 Å². The highest BCUT2D eigenvalue weighted by Gasteiger charge is 2.53. The summed E-state index contributed by atoms with van der Waals surface area (Å²) >= 11 is 2.41. The van der Waals surface area contributed by atoms with Crippen LogP contribution < -0.4 is 26.0 Å². The number of β-lactam (4-membered cyclic amide) rings is 1. The number of hydrogen-bond donors (Lipinski definition) is 3. The summed E-state index contributed by atoms with van der Waals surface area (Å²) < 4.78 is 1.80. The van der Waals surface area contributed by atoms with Crippen molar-refractivity contribution >= 4 is 57.6 Å². The Morgan fingerprint density at radius 3 is 2.76 bits per heavy atom. The number of nitrogens with one attached hydrogen (secondary N) is 2. The minimum Gasteiger partial charge on any atom is -0.543 e. The van der Waals surface area contributed by atoms with Gasteiger partial charge in [-0.15, -0.1) is 23.1 Å². The smallest absolute Gasteiger partial charge is 0.276 e. The number of aromatic nitrogens is 2. The number of pyridine rings is 1. The van der Waals surface area contributed by atoms with E-state index < -0.39 is 35.3 Å². The fraction of sp³-hybridized carbons (Fsp3) is 0.318.